The molecule has 3 N–H and O–H groups in total. The van der Waals surface area contributed by atoms with Crippen LogP contribution >= 0.6 is 0 Å². The van der Waals surface area contributed by atoms with Gasteiger partial charge >= 0.3 is 6.03 Å². The quantitative estimate of drug-likeness (QED) is 0.756. The maximum absolute atomic E-state index is 11.8. The number of aliphatic hydroxyl groups is 1. The monoisotopic (exact) mass is 306 g/mol. The van der Waals surface area contributed by atoms with Crippen molar-refractivity contribution < 1.29 is 14.6 Å². The number of benzene rings is 1. The fourth-order valence-corrected chi connectivity index (χ4v) is 2.83. The molecule has 0 saturated heterocycles. The van der Waals surface area contributed by atoms with Gasteiger partial charge in [-0.25, -0.2) is 4.79 Å². The second kappa shape index (κ2) is 8.03. The van der Waals surface area contributed by atoms with Crippen LogP contribution in [-0.4, -0.2) is 36.9 Å². The van der Waals surface area contributed by atoms with E-state index in [0.717, 1.165) is 31.4 Å². The lowest BCUT2D eigenvalue weighted by Gasteiger charge is -2.18. The molecule has 5 heteroatoms. The van der Waals surface area contributed by atoms with Crippen molar-refractivity contribution in [3.63, 3.8) is 0 Å². The molecule has 1 fully saturated rings. The Labute approximate surface area is 132 Å². The van der Waals surface area contributed by atoms with Gasteiger partial charge in [-0.3, -0.25) is 0 Å². The summed E-state index contributed by atoms with van der Waals surface area (Å²) in [5.41, 5.74) is 1.23. The number of rotatable bonds is 6. The van der Waals surface area contributed by atoms with Gasteiger partial charge in [0.25, 0.3) is 0 Å². The van der Waals surface area contributed by atoms with Crippen LogP contribution < -0.4 is 15.4 Å². The summed E-state index contributed by atoms with van der Waals surface area (Å²) >= 11 is 0. The van der Waals surface area contributed by atoms with Gasteiger partial charge in [0.15, 0.2) is 0 Å². The van der Waals surface area contributed by atoms with Gasteiger partial charge in [-0.2, -0.15) is 0 Å². The first-order valence-corrected chi connectivity index (χ1v) is 7.96. The summed E-state index contributed by atoms with van der Waals surface area (Å²) in [6.07, 6.45) is 3.08. The third-order valence-electron chi connectivity index (χ3n) is 4.34. The van der Waals surface area contributed by atoms with E-state index in [9.17, 15) is 9.90 Å². The van der Waals surface area contributed by atoms with Crippen LogP contribution in [0.3, 0.4) is 0 Å². The first-order valence-electron chi connectivity index (χ1n) is 7.96. The van der Waals surface area contributed by atoms with E-state index in [1.807, 2.05) is 12.1 Å². The van der Waals surface area contributed by atoms with Crippen molar-refractivity contribution >= 4 is 6.03 Å². The zero-order valence-corrected chi connectivity index (χ0v) is 13.3. The second-order valence-corrected chi connectivity index (χ2v) is 5.97. The molecule has 1 aromatic rings. The number of hydrogen-bond acceptors (Lipinski definition) is 3. The standard InChI is InChI=1S/C17H26N2O3/c1-12(13-6-8-14(22-2)9-7-13)10-11-18-17(21)19-15-4-3-5-16(15)20/h6-9,12,15-16,20H,3-5,10-11H2,1-2H3,(H2,18,19,21)/t12-,15+,16-/m1/s1. The van der Waals surface area contributed by atoms with E-state index in [-0.39, 0.29) is 12.1 Å². The highest BCUT2D eigenvalue weighted by atomic mass is 16.5. The van der Waals surface area contributed by atoms with E-state index in [1.54, 1.807) is 7.11 Å². The summed E-state index contributed by atoms with van der Waals surface area (Å²) in [7, 11) is 1.66. The highest BCUT2D eigenvalue weighted by Crippen LogP contribution is 2.21. The number of ether oxygens (including phenoxy) is 1. The van der Waals surface area contributed by atoms with Gasteiger partial charge in [0, 0.05) is 6.54 Å². The average Bonchev–Trinajstić information content (AvgIpc) is 2.92. The number of urea groups is 1. The van der Waals surface area contributed by atoms with Crippen LogP contribution in [0.2, 0.25) is 0 Å². The Kier molecular flexibility index (Phi) is 6.07. The Hall–Kier alpha value is -1.75. The molecule has 5 nitrogen and oxygen atoms in total. The molecule has 1 saturated carbocycles. The SMILES string of the molecule is COc1ccc([C@H](C)CCNC(=O)N[C@H]2CCC[C@H]2O)cc1. The number of nitrogens with one attached hydrogen (secondary N) is 2. The summed E-state index contributed by atoms with van der Waals surface area (Å²) in [4.78, 5) is 11.8. The van der Waals surface area contributed by atoms with Crippen molar-refractivity contribution in [3.05, 3.63) is 29.8 Å². The largest absolute Gasteiger partial charge is 0.497 e. The molecule has 122 valence electrons. The van der Waals surface area contributed by atoms with E-state index >= 15 is 0 Å². The number of carbonyl (C=O) groups excluding carboxylic acids is 1. The number of methoxy groups -OCH3 is 1. The Bertz CT molecular complexity index is 475. The molecule has 0 bridgehead atoms. The van der Waals surface area contributed by atoms with Gasteiger partial charge in [0.2, 0.25) is 0 Å². The molecule has 1 aromatic carbocycles. The summed E-state index contributed by atoms with van der Waals surface area (Å²) in [6, 6.07) is 7.73. The summed E-state index contributed by atoms with van der Waals surface area (Å²) in [5.74, 6) is 1.21. The van der Waals surface area contributed by atoms with Gasteiger partial charge in [0.1, 0.15) is 5.75 Å². The Morgan fingerprint density at radius 1 is 1.36 bits per heavy atom. The molecule has 0 spiro atoms. The smallest absolute Gasteiger partial charge is 0.315 e. The topological polar surface area (TPSA) is 70.6 Å². The fourth-order valence-electron chi connectivity index (χ4n) is 2.83. The van der Waals surface area contributed by atoms with Crippen molar-refractivity contribution in [1.82, 2.24) is 10.6 Å². The van der Waals surface area contributed by atoms with Crippen LogP contribution in [0.15, 0.2) is 24.3 Å². The molecular weight excluding hydrogens is 280 g/mol. The first kappa shape index (κ1) is 16.6. The van der Waals surface area contributed by atoms with Gasteiger partial charge in [-0.1, -0.05) is 19.1 Å². The van der Waals surface area contributed by atoms with Crippen molar-refractivity contribution in [2.75, 3.05) is 13.7 Å². The molecule has 0 aliphatic heterocycles. The maximum atomic E-state index is 11.8. The first-order chi connectivity index (χ1) is 10.6. The zero-order chi connectivity index (χ0) is 15.9. The van der Waals surface area contributed by atoms with Crippen LogP contribution in [0.5, 0.6) is 5.75 Å². The molecular formula is C17H26N2O3. The molecule has 1 aliphatic carbocycles. The van der Waals surface area contributed by atoms with Gasteiger partial charge in [-0.05, 0) is 49.3 Å². The Balaban J connectivity index is 1.69. The minimum absolute atomic E-state index is 0.0981. The number of carbonyl (C=O) groups is 1. The number of amides is 2. The van der Waals surface area contributed by atoms with Crippen LogP contribution in [-0.2, 0) is 0 Å². The minimum Gasteiger partial charge on any atom is -0.497 e. The van der Waals surface area contributed by atoms with Crippen LogP contribution in [0.1, 0.15) is 44.1 Å². The molecule has 1 aliphatic rings. The summed E-state index contributed by atoms with van der Waals surface area (Å²) in [6.45, 7) is 2.75. The Morgan fingerprint density at radius 2 is 2.09 bits per heavy atom. The molecule has 2 amide bonds. The normalized spacial score (nSPS) is 22.1. The van der Waals surface area contributed by atoms with Gasteiger partial charge in [0.05, 0.1) is 19.3 Å². The predicted octanol–water partition coefficient (Wildman–Crippen LogP) is 2.40. The summed E-state index contributed by atoms with van der Waals surface area (Å²) in [5, 5.41) is 15.4. The molecule has 22 heavy (non-hydrogen) atoms. The van der Waals surface area contributed by atoms with Crippen LogP contribution in [0.4, 0.5) is 4.79 Å². The number of hydrogen-bond donors (Lipinski definition) is 3. The lowest BCUT2D eigenvalue weighted by molar-refractivity contribution is 0.149. The van der Waals surface area contributed by atoms with E-state index in [4.69, 9.17) is 4.74 Å². The molecule has 3 atom stereocenters. The van der Waals surface area contributed by atoms with Crippen LogP contribution in [0, 0.1) is 0 Å². The van der Waals surface area contributed by atoms with Crippen molar-refractivity contribution in [1.29, 1.82) is 0 Å². The van der Waals surface area contributed by atoms with Crippen molar-refractivity contribution in [3.8, 4) is 5.75 Å². The molecule has 0 aromatic heterocycles. The van der Waals surface area contributed by atoms with E-state index in [0.29, 0.717) is 12.5 Å². The Morgan fingerprint density at radius 3 is 2.68 bits per heavy atom. The van der Waals surface area contributed by atoms with Crippen molar-refractivity contribution in [2.24, 2.45) is 0 Å². The second-order valence-electron chi connectivity index (χ2n) is 5.97. The maximum Gasteiger partial charge on any atom is 0.315 e. The fraction of sp³-hybridized carbons (Fsp3) is 0.588. The number of aliphatic hydroxyl groups excluding tert-OH is 1. The highest BCUT2D eigenvalue weighted by Gasteiger charge is 2.26. The molecule has 0 heterocycles. The summed E-state index contributed by atoms with van der Waals surface area (Å²) < 4.78 is 5.15. The van der Waals surface area contributed by atoms with Crippen molar-refractivity contribution in [2.45, 2.75) is 50.7 Å². The zero-order valence-electron chi connectivity index (χ0n) is 13.3. The van der Waals surface area contributed by atoms with E-state index in [1.165, 1.54) is 5.56 Å². The minimum atomic E-state index is -0.399. The highest BCUT2D eigenvalue weighted by molar-refractivity contribution is 5.74. The van der Waals surface area contributed by atoms with E-state index in [2.05, 4.69) is 29.7 Å². The molecule has 0 unspecified atom stereocenters. The predicted molar refractivity (Wildman–Crippen MR) is 86.2 cm³/mol. The van der Waals surface area contributed by atoms with E-state index < -0.39 is 6.10 Å². The molecule has 2 rings (SSSR count). The average molecular weight is 306 g/mol. The van der Waals surface area contributed by atoms with Crippen LogP contribution in [0.25, 0.3) is 0 Å². The van der Waals surface area contributed by atoms with Gasteiger partial charge < -0.3 is 20.5 Å². The third kappa shape index (κ3) is 4.63. The van der Waals surface area contributed by atoms with Gasteiger partial charge in [-0.15, -0.1) is 0 Å². The lowest BCUT2D eigenvalue weighted by Crippen LogP contribution is -2.45. The molecule has 0 radical (unpaired) electrons. The third-order valence-corrected chi connectivity index (χ3v) is 4.34. The lowest BCUT2D eigenvalue weighted by atomic mass is 9.98.